The number of ether oxygens (including phenoxy) is 1. The summed E-state index contributed by atoms with van der Waals surface area (Å²) in [6.07, 6.45) is 3.60. The summed E-state index contributed by atoms with van der Waals surface area (Å²) < 4.78 is 5.60. The van der Waals surface area contributed by atoms with Crippen LogP contribution in [0.15, 0.2) is 48.5 Å². The molecule has 2 aliphatic rings. The van der Waals surface area contributed by atoms with Gasteiger partial charge in [0.2, 0.25) is 0 Å². The molecule has 1 saturated carbocycles. The molecular formula is C26H32N2O3. The summed E-state index contributed by atoms with van der Waals surface area (Å²) >= 11 is 0. The number of piperazine rings is 1. The number of amides is 1. The highest BCUT2D eigenvalue weighted by Gasteiger charge is 2.44. The van der Waals surface area contributed by atoms with Crippen molar-refractivity contribution in [2.45, 2.75) is 44.9 Å². The summed E-state index contributed by atoms with van der Waals surface area (Å²) in [7, 11) is 0. The lowest BCUT2D eigenvalue weighted by Gasteiger charge is -2.37. The van der Waals surface area contributed by atoms with Gasteiger partial charge in [-0.15, -0.1) is 0 Å². The molecule has 0 radical (unpaired) electrons. The van der Waals surface area contributed by atoms with Gasteiger partial charge in [0.1, 0.15) is 0 Å². The van der Waals surface area contributed by atoms with Gasteiger partial charge in [0.15, 0.2) is 6.61 Å². The number of benzene rings is 2. The first-order valence-electron chi connectivity index (χ1n) is 11.3. The van der Waals surface area contributed by atoms with Crippen molar-refractivity contribution in [1.29, 1.82) is 0 Å². The first-order chi connectivity index (χ1) is 15.0. The van der Waals surface area contributed by atoms with E-state index in [-0.39, 0.29) is 18.5 Å². The van der Waals surface area contributed by atoms with E-state index in [0.29, 0.717) is 13.1 Å². The Bertz CT molecular complexity index is 927. The number of hydrogen-bond acceptors (Lipinski definition) is 4. The molecule has 2 fully saturated rings. The minimum atomic E-state index is -0.594. The standard InChI is InChI=1S/C26H32N2O3/c1-20-9-8-12-23(21(20)2)27-15-17-28(18-16-27)24(29)19-31-25(30)26(13-6-7-14-26)22-10-4-3-5-11-22/h3-5,8-12H,6-7,13-19H2,1-2H3. The monoisotopic (exact) mass is 420 g/mol. The quantitative estimate of drug-likeness (QED) is 0.686. The molecule has 164 valence electrons. The first-order valence-corrected chi connectivity index (χ1v) is 11.3. The number of carbonyl (C=O) groups excluding carboxylic acids is 2. The lowest BCUT2D eigenvalue weighted by atomic mass is 9.79. The van der Waals surface area contributed by atoms with Crippen LogP contribution in [-0.4, -0.2) is 49.6 Å². The molecular weight excluding hydrogens is 388 g/mol. The molecule has 1 aliphatic heterocycles. The maximum absolute atomic E-state index is 13.1. The third kappa shape index (κ3) is 4.32. The summed E-state index contributed by atoms with van der Waals surface area (Å²) in [5.74, 6) is -0.353. The number of aryl methyl sites for hydroxylation is 1. The highest BCUT2D eigenvalue weighted by molar-refractivity contribution is 5.87. The molecule has 4 rings (SSSR count). The lowest BCUT2D eigenvalue weighted by Crippen LogP contribution is -2.50. The molecule has 1 amide bonds. The predicted octanol–water partition coefficient (Wildman–Crippen LogP) is 4.01. The van der Waals surface area contributed by atoms with E-state index in [4.69, 9.17) is 4.74 Å². The van der Waals surface area contributed by atoms with Crippen molar-refractivity contribution in [2.24, 2.45) is 0 Å². The molecule has 5 heteroatoms. The van der Waals surface area contributed by atoms with Crippen LogP contribution < -0.4 is 4.90 Å². The minimum Gasteiger partial charge on any atom is -0.455 e. The Hall–Kier alpha value is -2.82. The van der Waals surface area contributed by atoms with Gasteiger partial charge in [-0.3, -0.25) is 9.59 Å². The number of nitrogens with zero attached hydrogens (tertiary/aromatic N) is 2. The number of rotatable bonds is 5. The van der Waals surface area contributed by atoms with Crippen LogP contribution in [0.5, 0.6) is 0 Å². The average Bonchev–Trinajstić information content (AvgIpc) is 3.31. The number of anilines is 1. The fraction of sp³-hybridized carbons (Fsp3) is 0.462. The van der Waals surface area contributed by atoms with Crippen LogP contribution in [-0.2, 0) is 19.7 Å². The van der Waals surface area contributed by atoms with Gasteiger partial charge in [-0.25, -0.2) is 0 Å². The molecule has 1 saturated heterocycles. The second-order valence-electron chi connectivity index (χ2n) is 8.82. The van der Waals surface area contributed by atoms with Crippen molar-refractivity contribution < 1.29 is 14.3 Å². The molecule has 0 unspecified atom stereocenters. The molecule has 0 atom stereocenters. The topological polar surface area (TPSA) is 49.9 Å². The third-order valence-corrected chi connectivity index (χ3v) is 7.05. The Kier molecular flexibility index (Phi) is 6.30. The van der Waals surface area contributed by atoms with E-state index >= 15 is 0 Å². The van der Waals surface area contributed by atoms with Crippen LogP contribution in [0, 0.1) is 13.8 Å². The second kappa shape index (κ2) is 9.13. The van der Waals surface area contributed by atoms with Crippen LogP contribution in [0.4, 0.5) is 5.69 Å². The minimum absolute atomic E-state index is 0.102. The van der Waals surface area contributed by atoms with Gasteiger partial charge in [0, 0.05) is 31.9 Å². The SMILES string of the molecule is Cc1cccc(N2CCN(C(=O)COC(=O)C3(c4ccccc4)CCCC3)CC2)c1C. The van der Waals surface area contributed by atoms with Gasteiger partial charge in [0.05, 0.1) is 5.41 Å². The molecule has 0 bridgehead atoms. The van der Waals surface area contributed by atoms with Crippen LogP contribution in [0.1, 0.15) is 42.4 Å². The fourth-order valence-electron chi connectivity index (χ4n) is 4.98. The maximum atomic E-state index is 13.1. The number of hydrogen-bond donors (Lipinski definition) is 0. The van der Waals surface area contributed by atoms with Gasteiger partial charge in [0.25, 0.3) is 5.91 Å². The summed E-state index contributed by atoms with van der Waals surface area (Å²) in [5.41, 5.74) is 4.22. The van der Waals surface area contributed by atoms with Gasteiger partial charge in [-0.2, -0.15) is 0 Å². The smallest absolute Gasteiger partial charge is 0.317 e. The Morgan fingerprint density at radius 3 is 2.26 bits per heavy atom. The number of esters is 1. The molecule has 2 aromatic rings. The zero-order chi connectivity index (χ0) is 21.8. The van der Waals surface area contributed by atoms with E-state index in [2.05, 4.69) is 36.9 Å². The zero-order valence-corrected chi connectivity index (χ0v) is 18.6. The van der Waals surface area contributed by atoms with E-state index in [1.54, 1.807) is 0 Å². The van der Waals surface area contributed by atoms with E-state index in [1.165, 1.54) is 16.8 Å². The van der Waals surface area contributed by atoms with Gasteiger partial charge in [-0.05, 0) is 49.4 Å². The normalized spacial score (nSPS) is 18.1. The summed E-state index contributed by atoms with van der Waals surface area (Å²) in [5, 5.41) is 0. The fourth-order valence-corrected chi connectivity index (χ4v) is 4.98. The lowest BCUT2D eigenvalue weighted by molar-refractivity contribution is -0.157. The third-order valence-electron chi connectivity index (χ3n) is 7.05. The van der Waals surface area contributed by atoms with Crippen molar-refractivity contribution in [1.82, 2.24) is 4.90 Å². The van der Waals surface area contributed by atoms with Crippen LogP contribution in [0.25, 0.3) is 0 Å². The highest BCUT2D eigenvalue weighted by atomic mass is 16.5. The molecule has 2 aromatic carbocycles. The number of carbonyl (C=O) groups is 2. The van der Waals surface area contributed by atoms with Crippen LogP contribution in [0.3, 0.4) is 0 Å². The molecule has 0 aromatic heterocycles. The zero-order valence-electron chi connectivity index (χ0n) is 18.6. The Morgan fingerprint density at radius 1 is 0.903 bits per heavy atom. The molecule has 0 spiro atoms. The maximum Gasteiger partial charge on any atom is 0.317 e. The summed E-state index contributed by atoms with van der Waals surface area (Å²) in [4.78, 5) is 30.0. The summed E-state index contributed by atoms with van der Waals surface area (Å²) in [6.45, 7) is 6.97. The van der Waals surface area contributed by atoms with E-state index in [9.17, 15) is 9.59 Å². The molecule has 0 N–H and O–H groups in total. The Morgan fingerprint density at radius 2 is 1.58 bits per heavy atom. The van der Waals surface area contributed by atoms with Gasteiger partial charge in [-0.1, -0.05) is 55.3 Å². The largest absolute Gasteiger partial charge is 0.455 e. The first kappa shape index (κ1) is 21.4. The van der Waals surface area contributed by atoms with Crippen molar-refractivity contribution in [3.8, 4) is 0 Å². The van der Waals surface area contributed by atoms with Gasteiger partial charge >= 0.3 is 5.97 Å². The van der Waals surface area contributed by atoms with Crippen molar-refractivity contribution in [3.05, 3.63) is 65.2 Å². The average molecular weight is 421 g/mol. The van der Waals surface area contributed by atoms with E-state index in [1.807, 2.05) is 35.2 Å². The highest BCUT2D eigenvalue weighted by Crippen LogP contribution is 2.42. The van der Waals surface area contributed by atoms with Crippen LogP contribution in [0.2, 0.25) is 0 Å². The Labute approximate surface area is 185 Å². The predicted molar refractivity (Wildman–Crippen MR) is 122 cm³/mol. The van der Waals surface area contributed by atoms with Crippen LogP contribution >= 0.6 is 0 Å². The Balaban J connectivity index is 1.33. The molecule has 5 nitrogen and oxygen atoms in total. The van der Waals surface area contributed by atoms with Gasteiger partial charge < -0.3 is 14.5 Å². The van der Waals surface area contributed by atoms with Crippen molar-refractivity contribution >= 4 is 17.6 Å². The van der Waals surface area contributed by atoms with E-state index < -0.39 is 5.41 Å². The summed E-state index contributed by atoms with van der Waals surface area (Å²) in [6, 6.07) is 16.2. The second-order valence-corrected chi connectivity index (χ2v) is 8.82. The van der Waals surface area contributed by atoms with E-state index in [0.717, 1.165) is 44.3 Å². The molecule has 31 heavy (non-hydrogen) atoms. The molecule has 1 heterocycles. The van der Waals surface area contributed by atoms with Crippen molar-refractivity contribution in [3.63, 3.8) is 0 Å². The molecule has 1 aliphatic carbocycles. The van der Waals surface area contributed by atoms with Crippen molar-refractivity contribution in [2.75, 3.05) is 37.7 Å².